The first-order valence-electron chi connectivity index (χ1n) is 7.85. The van der Waals surface area contributed by atoms with Crippen molar-refractivity contribution in [1.29, 1.82) is 0 Å². The summed E-state index contributed by atoms with van der Waals surface area (Å²) in [6.07, 6.45) is 4.21. The number of carbonyl (C=O) groups is 1. The monoisotopic (exact) mass is 308 g/mol. The standard InChI is InChI=1S/C15H24N4OS/c1-18-7-2-3-12(10-18)4-5-14(20)17-9-13-11-21-15-16-6-8-19(13)15/h11-12H,2-10H2,1H3,(H,17,20). The van der Waals surface area contributed by atoms with Gasteiger partial charge in [0.2, 0.25) is 5.91 Å². The van der Waals surface area contributed by atoms with Crippen molar-refractivity contribution < 1.29 is 4.79 Å². The maximum Gasteiger partial charge on any atom is 0.220 e. The average Bonchev–Trinajstić information content (AvgIpc) is 3.06. The van der Waals surface area contributed by atoms with Gasteiger partial charge in [-0.1, -0.05) is 11.8 Å². The number of hydrogen-bond donors (Lipinski definition) is 1. The Morgan fingerprint density at radius 2 is 2.43 bits per heavy atom. The highest BCUT2D eigenvalue weighted by molar-refractivity contribution is 8.16. The Kier molecular flexibility index (Phi) is 4.85. The molecule has 0 aromatic carbocycles. The molecule has 0 radical (unpaired) electrons. The van der Waals surface area contributed by atoms with Gasteiger partial charge in [0.05, 0.1) is 13.1 Å². The lowest BCUT2D eigenvalue weighted by molar-refractivity contribution is -0.121. The second-order valence-corrected chi connectivity index (χ2v) is 6.97. The van der Waals surface area contributed by atoms with Crippen LogP contribution in [0.1, 0.15) is 25.7 Å². The Labute approximate surface area is 130 Å². The maximum absolute atomic E-state index is 12.0. The lowest BCUT2D eigenvalue weighted by Gasteiger charge is -2.29. The maximum atomic E-state index is 12.0. The highest BCUT2D eigenvalue weighted by Crippen LogP contribution is 2.28. The Hall–Kier alpha value is -1.01. The fraction of sp³-hybridized carbons (Fsp3) is 0.733. The van der Waals surface area contributed by atoms with Gasteiger partial charge in [0.1, 0.15) is 0 Å². The third-order valence-corrected chi connectivity index (χ3v) is 5.37. The summed E-state index contributed by atoms with van der Waals surface area (Å²) in [5, 5.41) is 6.25. The lowest BCUT2D eigenvalue weighted by Crippen LogP contribution is -2.34. The fourth-order valence-electron chi connectivity index (χ4n) is 3.24. The first kappa shape index (κ1) is 14.9. The molecule has 1 fully saturated rings. The zero-order valence-corrected chi connectivity index (χ0v) is 13.5. The van der Waals surface area contributed by atoms with Crippen LogP contribution in [0.15, 0.2) is 16.1 Å². The molecule has 0 spiro atoms. The zero-order valence-electron chi connectivity index (χ0n) is 12.7. The molecule has 3 aliphatic heterocycles. The van der Waals surface area contributed by atoms with E-state index in [0.717, 1.165) is 31.2 Å². The van der Waals surface area contributed by atoms with Crippen molar-refractivity contribution in [3.8, 4) is 0 Å². The van der Waals surface area contributed by atoms with Crippen molar-refractivity contribution in [2.45, 2.75) is 25.7 Å². The second-order valence-electron chi connectivity index (χ2n) is 6.13. The number of amides is 1. The van der Waals surface area contributed by atoms with E-state index >= 15 is 0 Å². The minimum atomic E-state index is 0.179. The van der Waals surface area contributed by atoms with E-state index in [0.29, 0.717) is 18.9 Å². The smallest absolute Gasteiger partial charge is 0.220 e. The fourth-order valence-corrected chi connectivity index (χ4v) is 4.19. The van der Waals surface area contributed by atoms with Crippen molar-refractivity contribution in [1.82, 2.24) is 15.1 Å². The molecule has 1 N–H and O–H groups in total. The van der Waals surface area contributed by atoms with E-state index < -0.39 is 0 Å². The number of rotatable bonds is 5. The highest BCUT2D eigenvalue weighted by Gasteiger charge is 2.26. The van der Waals surface area contributed by atoms with Crippen molar-refractivity contribution in [3.63, 3.8) is 0 Å². The van der Waals surface area contributed by atoms with Crippen LogP contribution in [0.2, 0.25) is 0 Å². The summed E-state index contributed by atoms with van der Waals surface area (Å²) in [6, 6.07) is 0. The zero-order chi connectivity index (χ0) is 14.7. The molecule has 1 saturated heterocycles. The van der Waals surface area contributed by atoms with Crippen molar-refractivity contribution in [2.24, 2.45) is 10.9 Å². The molecule has 1 amide bonds. The van der Waals surface area contributed by atoms with Gasteiger partial charge in [0.25, 0.3) is 0 Å². The number of piperidine rings is 1. The minimum Gasteiger partial charge on any atom is -0.351 e. The molecule has 1 unspecified atom stereocenters. The molecule has 116 valence electrons. The molecule has 0 aliphatic carbocycles. The Morgan fingerprint density at radius 1 is 1.52 bits per heavy atom. The largest absolute Gasteiger partial charge is 0.351 e. The average molecular weight is 308 g/mol. The van der Waals surface area contributed by atoms with Crippen molar-refractivity contribution in [3.05, 3.63) is 11.1 Å². The molecule has 3 heterocycles. The number of aliphatic imine (C=N–C) groups is 1. The van der Waals surface area contributed by atoms with Crippen LogP contribution in [-0.4, -0.2) is 60.6 Å². The number of thioether (sulfide) groups is 1. The molecule has 1 atom stereocenters. The van der Waals surface area contributed by atoms with E-state index in [2.05, 4.69) is 32.6 Å². The summed E-state index contributed by atoms with van der Waals surface area (Å²) in [6.45, 7) is 4.81. The predicted octanol–water partition coefficient (Wildman–Crippen LogP) is 1.48. The van der Waals surface area contributed by atoms with Crippen LogP contribution in [0, 0.1) is 5.92 Å². The van der Waals surface area contributed by atoms with Gasteiger partial charge in [-0.25, -0.2) is 0 Å². The minimum absolute atomic E-state index is 0.179. The number of fused-ring (bicyclic) bond motifs is 1. The van der Waals surface area contributed by atoms with E-state index in [4.69, 9.17) is 0 Å². The van der Waals surface area contributed by atoms with E-state index in [9.17, 15) is 4.79 Å². The molecule has 3 rings (SSSR count). The van der Waals surface area contributed by atoms with Gasteiger partial charge in [-0.2, -0.15) is 0 Å². The number of likely N-dealkylation sites (tertiary alicyclic amines) is 1. The van der Waals surface area contributed by atoms with Gasteiger partial charge >= 0.3 is 0 Å². The van der Waals surface area contributed by atoms with Gasteiger partial charge in [-0.3, -0.25) is 9.79 Å². The van der Waals surface area contributed by atoms with Gasteiger partial charge in [0, 0.05) is 30.6 Å². The molecular formula is C15H24N4OS. The Balaban J connectivity index is 1.36. The number of amidine groups is 1. The van der Waals surface area contributed by atoms with Gasteiger partial charge < -0.3 is 15.1 Å². The van der Waals surface area contributed by atoms with E-state index in [1.165, 1.54) is 25.1 Å². The summed E-state index contributed by atoms with van der Waals surface area (Å²) in [7, 11) is 2.17. The normalized spacial score (nSPS) is 25.6. The predicted molar refractivity (Wildman–Crippen MR) is 87.1 cm³/mol. The molecule has 0 bridgehead atoms. The van der Waals surface area contributed by atoms with E-state index in [1.54, 1.807) is 11.8 Å². The van der Waals surface area contributed by atoms with Crippen LogP contribution < -0.4 is 5.32 Å². The van der Waals surface area contributed by atoms with Crippen LogP contribution in [-0.2, 0) is 4.79 Å². The topological polar surface area (TPSA) is 47.9 Å². The van der Waals surface area contributed by atoms with Crippen LogP contribution in [0.4, 0.5) is 0 Å². The lowest BCUT2D eigenvalue weighted by atomic mass is 9.93. The Bertz CT molecular complexity index is 463. The summed E-state index contributed by atoms with van der Waals surface area (Å²) in [5.41, 5.74) is 1.18. The molecule has 0 aromatic rings. The van der Waals surface area contributed by atoms with Crippen LogP contribution in [0.3, 0.4) is 0 Å². The summed E-state index contributed by atoms with van der Waals surface area (Å²) >= 11 is 1.67. The SMILES string of the molecule is CN1CCCC(CCC(=O)NCC2=CSC3=NCCN23)C1. The van der Waals surface area contributed by atoms with Crippen LogP contribution in [0.25, 0.3) is 0 Å². The molecule has 6 heteroatoms. The second kappa shape index (κ2) is 6.83. The molecular weight excluding hydrogens is 284 g/mol. The number of hydrogen-bond acceptors (Lipinski definition) is 5. The number of nitrogens with zero attached hydrogens (tertiary/aromatic N) is 3. The molecule has 5 nitrogen and oxygen atoms in total. The Morgan fingerprint density at radius 3 is 3.29 bits per heavy atom. The molecule has 21 heavy (non-hydrogen) atoms. The summed E-state index contributed by atoms with van der Waals surface area (Å²) < 4.78 is 0. The van der Waals surface area contributed by atoms with Crippen LogP contribution in [0.5, 0.6) is 0 Å². The van der Waals surface area contributed by atoms with Crippen molar-refractivity contribution >= 4 is 22.8 Å². The summed E-state index contributed by atoms with van der Waals surface area (Å²) in [4.78, 5) is 21.0. The third kappa shape index (κ3) is 3.80. The van der Waals surface area contributed by atoms with Gasteiger partial charge in [-0.05, 0) is 38.8 Å². The summed E-state index contributed by atoms with van der Waals surface area (Å²) in [5.74, 6) is 0.867. The van der Waals surface area contributed by atoms with E-state index in [-0.39, 0.29) is 5.91 Å². The molecule has 3 aliphatic rings. The quantitative estimate of drug-likeness (QED) is 0.836. The highest BCUT2D eigenvalue weighted by atomic mass is 32.2. The number of carbonyl (C=O) groups excluding carboxylic acids is 1. The van der Waals surface area contributed by atoms with Gasteiger partial charge in [-0.15, -0.1) is 0 Å². The first-order valence-corrected chi connectivity index (χ1v) is 8.73. The van der Waals surface area contributed by atoms with Gasteiger partial charge in [0.15, 0.2) is 5.17 Å². The van der Waals surface area contributed by atoms with E-state index in [1.807, 2.05) is 0 Å². The molecule has 0 aromatic heterocycles. The number of nitrogens with one attached hydrogen (secondary N) is 1. The molecule has 0 saturated carbocycles. The third-order valence-electron chi connectivity index (χ3n) is 4.42. The van der Waals surface area contributed by atoms with Crippen LogP contribution >= 0.6 is 11.8 Å². The van der Waals surface area contributed by atoms with Crippen molar-refractivity contribution in [2.75, 3.05) is 39.8 Å². The first-order chi connectivity index (χ1) is 10.2.